The van der Waals surface area contributed by atoms with Crippen molar-refractivity contribution >= 4 is 39.1 Å². The summed E-state index contributed by atoms with van der Waals surface area (Å²) in [6, 6.07) is 6.88. The molecule has 2 aromatic heterocycles. The molecule has 1 aromatic carbocycles. The van der Waals surface area contributed by atoms with Crippen LogP contribution < -0.4 is 15.6 Å². The number of nitrogens with zero attached hydrogens (tertiary/aromatic N) is 1. The minimum atomic E-state index is -1.02. The number of nitrogens with one attached hydrogen (secondary N) is 2. The van der Waals surface area contributed by atoms with Crippen molar-refractivity contribution in [1.29, 1.82) is 0 Å². The third-order valence-electron chi connectivity index (χ3n) is 4.19. The fourth-order valence-electron chi connectivity index (χ4n) is 2.76. The summed E-state index contributed by atoms with van der Waals surface area (Å²) >= 11 is 1.07. The summed E-state index contributed by atoms with van der Waals surface area (Å²) in [4.78, 5) is 44.7. The molecule has 2 N–H and O–H groups in total. The number of H-pyrrole nitrogens is 1. The van der Waals surface area contributed by atoms with Crippen LogP contribution in [-0.4, -0.2) is 34.6 Å². The Morgan fingerprint density at radius 3 is 2.59 bits per heavy atom. The third kappa shape index (κ3) is 4.45. The lowest BCUT2D eigenvalue weighted by Gasteiger charge is -2.13. The fourth-order valence-corrected chi connectivity index (χ4v) is 3.87. The molecule has 0 aliphatic carbocycles. The summed E-state index contributed by atoms with van der Waals surface area (Å²) in [5.41, 5.74) is 0.745. The van der Waals surface area contributed by atoms with Crippen LogP contribution in [0.15, 0.2) is 29.1 Å². The van der Waals surface area contributed by atoms with Crippen LogP contribution in [0.4, 0.5) is 5.69 Å². The van der Waals surface area contributed by atoms with Gasteiger partial charge >= 0.3 is 5.97 Å². The number of fused-ring (bicyclic) bond motifs is 1. The van der Waals surface area contributed by atoms with Crippen LogP contribution in [0, 0.1) is 13.8 Å². The molecule has 3 rings (SSSR count). The number of ether oxygens (including phenoxy) is 2. The van der Waals surface area contributed by atoms with Gasteiger partial charge in [-0.2, -0.15) is 0 Å². The molecule has 0 unspecified atom stereocenters. The first-order chi connectivity index (χ1) is 13.8. The number of aromatic nitrogens is 2. The summed E-state index contributed by atoms with van der Waals surface area (Å²) in [5.74, 6) is 0.0285. The van der Waals surface area contributed by atoms with E-state index in [1.165, 1.54) is 6.92 Å². The lowest BCUT2D eigenvalue weighted by atomic mass is 10.2. The predicted molar refractivity (Wildman–Crippen MR) is 111 cm³/mol. The standard InChI is InChI=1S/C20H21N3O5S/c1-5-27-14-8-6-13(7-9-14)23-17(24)11(3)28-20(26)16-10(2)15-18(25)21-12(4)22-19(15)29-16/h6-9,11H,5H2,1-4H3,(H,23,24)(H,21,22,25)/t11-/m0/s1. The Hall–Kier alpha value is -3.20. The van der Waals surface area contributed by atoms with Crippen molar-refractivity contribution in [2.45, 2.75) is 33.8 Å². The van der Waals surface area contributed by atoms with Crippen molar-refractivity contribution in [3.8, 4) is 5.75 Å². The minimum absolute atomic E-state index is 0.254. The van der Waals surface area contributed by atoms with Crippen LogP contribution in [-0.2, 0) is 9.53 Å². The molecule has 0 aliphatic heterocycles. The summed E-state index contributed by atoms with van der Waals surface area (Å²) in [6.45, 7) is 7.25. The highest BCUT2D eigenvalue weighted by atomic mass is 32.1. The number of aromatic amines is 1. The normalized spacial score (nSPS) is 11.9. The van der Waals surface area contributed by atoms with Gasteiger partial charge in [-0.3, -0.25) is 9.59 Å². The third-order valence-corrected chi connectivity index (χ3v) is 5.36. The maximum atomic E-state index is 12.6. The van der Waals surface area contributed by atoms with Gasteiger partial charge in [0.15, 0.2) is 6.10 Å². The molecule has 152 valence electrons. The van der Waals surface area contributed by atoms with Crippen LogP contribution in [0.5, 0.6) is 5.75 Å². The number of anilines is 1. The lowest BCUT2D eigenvalue weighted by molar-refractivity contribution is -0.123. The van der Waals surface area contributed by atoms with Crippen LogP contribution in [0.1, 0.15) is 34.9 Å². The molecule has 0 saturated carbocycles. The number of thiophene rings is 1. The number of amides is 1. The highest BCUT2D eigenvalue weighted by Gasteiger charge is 2.24. The summed E-state index contributed by atoms with van der Waals surface area (Å²) < 4.78 is 10.7. The Labute approximate surface area is 170 Å². The highest BCUT2D eigenvalue weighted by Crippen LogP contribution is 2.28. The molecule has 3 aromatic rings. The topological polar surface area (TPSA) is 110 Å². The minimum Gasteiger partial charge on any atom is -0.494 e. The summed E-state index contributed by atoms with van der Waals surface area (Å²) in [5, 5.41) is 3.05. The molecule has 29 heavy (non-hydrogen) atoms. The Kier molecular flexibility index (Phi) is 5.97. The molecular formula is C20H21N3O5S. The average Bonchev–Trinajstić information content (AvgIpc) is 3.00. The maximum Gasteiger partial charge on any atom is 0.349 e. The molecule has 0 saturated heterocycles. The Bertz CT molecular complexity index is 1120. The van der Waals surface area contributed by atoms with Crippen molar-refractivity contribution < 1.29 is 19.1 Å². The van der Waals surface area contributed by atoms with E-state index in [0.29, 0.717) is 39.6 Å². The smallest absolute Gasteiger partial charge is 0.349 e. The molecule has 9 heteroatoms. The van der Waals surface area contributed by atoms with Gasteiger partial charge in [-0.15, -0.1) is 11.3 Å². The van der Waals surface area contributed by atoms with Gasteiger partial charge < -0.3 is 19.8 Å². The number of hydrogen-bond acceptors (Lipinski definition) is 7. The van der Waals surface area contributed by atoms with Gasteiger partial charge in [0, 0.05) is 5.69 Å². The largest absolute Gasteiger partial charge is 0.494 e. The van der Waals surface area contributed by atoms with Gasteiger partial charge in [0.05, 0.1) is 12.0 Å². The van der Waals surface area contributed by atoms with Crippen LogP contribution in [0.3, 0.4) is 0 Å². The highest BCUT2D eigenvalue weighted by molar-refractivity contribution is 7.20. The zero-order chi connectivity index (χ0) is 21.1. The Morgan fingerprint density at radius 2 is 1.93 bits per heavy atom. The Morgan fingerprint density at radius 1 is 1.24 bits per heavy atom. The molecule has 2 heterocycles. The number of aryl methyl sites for hydroxylation is 2. The van der Waals surface area contributed by atoms with Gasteiger partial charge in [0.1, 0.15) is 21.3 Å². The van der Waals surface area contributed by atoms with Gasteiger partial charge in [0.25, 0.3) is 11.5 Å². The van der Waals surface area contributed by atoms with Crippen LogP contribution in [0.25, 0.3) is 10.2 Å². The van der Waals surface area contributed by atoms with E-state index in [4.69, 9.17) is 9.47 Å². The molecule has 0 bridgehead atoms. The second-order valence-electron chi connectivity index (χ2n) is 6.38. The monoisotopic (exact) mass is 415 g/mol. The van der Waals surface area contributed by atoms with Gasteiger partial charge in [-0.05, 0) is 57.5 Å². The lowest BCUT2D eigenvalue weighted by Crippen LogP contribution is -2.29. The molecule has 0 spiro atoms. The van der Waals surface area contributed by atoms with Crippen LogP contribution in [0.2, 0.25) is 0 Å². The first-order valence-electron chi connectivity index (χ1n) is 9.04. The van der Waals surface area contributed by atoms with E-state index in [-0.39, 0.29) is 10.4 Å². The molecule has 1 atom stereocenters. The fraction of sp³-hybridized carbons (Fsp3) is 0.300. The van der Waals surface area contributed by atoms with Gasteiger partial charge in [-0.1, -0.05) is 0 Å². The number of hydrogen-bond donors (Lipinski definition) is 2. The predicted octanol–water partition coefficient (Wildman–Crippen LogP) is 3.18. The second-order valence-corrected chi connectivity index (χ2v) is 7.38. The molecule has 8 nitrogen and oxygen atoms in total. The van der Waals surface area contributed by atoms with Crippen LogP contribution >= 0.6 is 11.3 Å². The number of carbonyl (C=O) groups is 2. The number of carbonyl (C=O) groups excluding carboxylic acids is 2. The van der Waals surface area contributed by atoms with E-state index >= 15 is 0 Å². The quantitative estimate of drug-likeness (QED) is 0.598. The SMILES string of the molecule is CCOc1ccc(NC(=O)[C@H](C)OC(=O)c2sc3nc(C)[nH]c(=O)c3c2C)cc1. The zero-order valence-electron chi connectivity index (χ0n) is 16.5. The van der Waals surface area contributed by atoms with Crippen molar-refractivity contribution in [2.75, 3.05) is 11.9 Å². The second kappa shape index (κ2) is 8.44. The Balaban J connectivity index is 1.70. The summed E-state index contributed by atoms with van der Waals surface area (Å²) in [6.07, 6.45) is -1.02. The van der Waals surface area contributed by atoms with E-state index in [1.807, 2.05) is 6.92 Å². The first kappa shape index (κ1) is 20.5. The van der Waals surface area contributed by atoms with E-state index in [1.54, 1.807) is 38.1 Å². The van der Waals surface area contributed by atoms with Gasteiger partial charge in [0.2, 0.25) is 0 Å². The van der Waals surface area contributed by atoms with Crippen molar-refractivity contribution in [3.63, 3.8) is 0 Å². The van der Waals surface area contributed by atoms with E-state index in [2.05, 4.69) is 15.3 Å². The molecule has 1 amide bonds. The number of esters is 1. The van der Waals surface area contributed by atoms with Gasteiger partial charge in [-0.25, -0.2) is 9.78 Å². The van der Waals surface area contributed by atoms with Crippen molar-refractivity contribution in [3.05, 3.63) is 50.9 Å². The average molecular weight is 415 g/mol. The maximum absolute atomic E-state index is 12.6. The number of benzene rings is 1. The molecule has 0 aliphatic rings. The number of rotatable bonds is 6. The molecular weight excluding hydrogens is 394 g/mol. The van der Waals surface area contributed by atoms with Crippen molar-refractivity contribution in [2.24, 2.45) is 0 Å². The molecule has 0 fully saturated rings. The first-order valence-corrected chi connectivity index (χ1v) is 9.86. The van der Waals surface area contributed by atoms with Crippen molar-refractivity contribution in [1.82, 2.24) is 9.97 Å². The summed E-state index contributed by atoms with van der Waals surface area (Å²) in [7, 11) is 0. The molecule has 0 radical (unpaired) electrons. The van der Waals surface area contributed by atoms with E-state index < -0.39 is 18.0 Å². The van der Waals surface area contributed by atoms with E-state index in [0.717, 1.165) is 11.3 Å². The van der Waals surface area contributed by atoms with E-state index in [9.17, 15) is 14.4 Å². The zero-order valence-corrected chi connectivity index (χ0v) is 17.3.